The van der Waals surface area contributed by atoms with Gasteiger partial charge in [0.2, 0.25) is 5.91 Å². The maximum atomic E-state index is 11.9. The second-order valence-corrected chi connectivity index (χ2v) is 4.46. The Labute approximate surface area is 112 Å². The first-order valence-corrected chi connectivity index (χ1v) is 6.25. The molecule has 0 aliphatic rings. The van der Waals surface area contributed by atoms with Crippen molar-refractivity contribution >= 4 is 5.91 Å². The van der Waals surface area contributed by atoms with E-state index in [1.165, 1.54) is 0 Å². The summed E-state index contributed by atoms with van der Waals surface area (Å²) in [4.78, 5) is 19.0. The van der Waals surface area contributed by atoms with Gasteiger partial charge in [0.15, 0.2) is 0 Å². The minimum atomic E-state index is -0.120. The van der Waals surface area contributed by atoms with E-state index in [1.54, 1.807) is 12.4 Å². The second kappa shape index (κ2) is 6.15. The van der Waals surface area contributed by atoms with Crippen LogP contribution in [0.3, 0.4) is 0 Å². The van der Waals surface area contributed by atoms with Gasteiger partial charge in [-0.1, -0.05) is 24.3 Å². The van der Waals surface area contributed by atoms with Gasteiger partial charge in [0.25, 0.3) is 0 Å². The number of nitrogens with zero attached hydrogens (tertiary/aromatic N) is 1. The molecule has 0 aliphatic carbocycles. The minimum absolute atomic E-state index is 0.0237. The maximum absolute atomic E-state index is 11.9. The van der Waals surface area contributed by atoms with Crippen molar-refractivity contribution < 1.29 is 4.79 Å². The summed E-state index contributed by atoms with van der Waals surface area (Å²) in [5.41, 5.74) is 7.57. The van der Waals surface area contributed by atoms with Crippen LogP contribution in [-0.4, -0.2) is 15.9 Å². The lowest BCUT2D eigenvalue weighted by atomic mass is 10.1. The van der Waals surface area contributed by atoms with Gasteiger partial charge in [-0.05, 0) is 18.1 Å². The van der Waals surface area contributed by atoms with Crippen molar-refractivity contribution in [1.29, 1.82) is 0 Å². The fourth-order valence-corrected chi connectivity index (χ4v) is 1.85. The first kappa shape index (κ1) is 13.3. The summed E-state index contributed by atoms with van der Waals surface area (Å²) in [5.74, 6) is 0.733. The van der Waals surface area contributed by atoms with Crippen LogP contribution in [0.4, 0.5) is 0 Å². The minimum Gasteiger partial charge on any atom is -0.347 e. The monoisotopic (exact) mass is 258 g/mol. The first-order valence-electron chi connectivity index (χ1n) is 6.25. The van der Waals surface area contributed by atoms with Gasteiger partial charge in [0.1, 0.15) is 5.82 Å². The molecule has 2 aromatic rings. The van der Waals surface area contributed by atoms with Gasteiger partial charge in [-0.2, -0.15) is 0 Å². The highest BCUT2D eigenvalue weighted by molar-refractivity contribution is 5.78. The molecule has 100 valence electrons. The van der Waals surface area contributed by atoms with Crippen molar-refractivity contribution in [3.63, 3.8) is 0 Å². The Hall–Kier alpha value is -2.14. The summed E-state index contributed by atoms with van der Waals surface area (Å²) in [7, 11) is 0. The molecule has 0 bridgehead atoms. The molecule has 5 nitrogen and oxygen atoms in total. The van der Waals surface area contributed by atoms with Crippen molar-refractivity contribution in [2.75, 3.05) is 0 Å². The van der Waals surface area contributed by atoms with E-state index in [2.05, 4.69) is 15.3 Å². The zero-order valence-electron chi connectivity index (χ0n) is 10.9. The molecule has 19 heavy (non-hydrogen) atoms. The fourth-order valence-electron chi connectivity index (χ4n) is 1.85. The molecule has 1 atom stereocenters. The van der Waals surface area contributed by atoms with Gasteiger partial charge < -0.3 is 16.0 Å². The number of carbonyl (C=O) groups excluding carboxylic acids is 1. The van der Waals surface area contributed by atoms with E-state index in [-0.39, 0.29) is 11.9 Å². The standard InChI is InChI=1S/C14H18N4O/c1-10(14-16-6-7-17-14)18-13(19)8-11-2-4-12(9-15)5-3-11/h2-7,10H,8-9,15H2,1H3,(H,16,17)(H,18,19). The van der Waals surface area contributed by atoms with Crippen molar-refractivity contribution in [3.05, 3.63) is 53.6 Å². The second-order valence-electron chi connectivity index (χ2n) is 4.46. The zero-order chi connectivity index (χ0) is 13.7. The highest BCUT2D eigenvalue weighted by atomic mass is 16.1. The number of nitrogens with one attached hydrogen (secondary N) is 2. The number of benzene rings is 1. The van der Waals surface area contributed by atoms with Crippen LogP contribution in [0.1, 0.15) is 29.9 Å². The normalized spacial score (nSPS) is 12.1. The van der Waals surface area contributed by atoms with Crippen LogP contribution in [0.5, 0.6) is 0 Å². The summed E-state index contributed by atoms with van der Waals surface area (Å²) in [6, 6.07) is 7.63. The van der Waals surface area contributed by atoms with Gasteiger partial charge in [-0.3, -0.25) is 4.79 Å². The van der Waals surface area contributed by atoms with Crippen LogP contribution in [-0.2, 0) is 17.8 Å². The van der Waals surface area contributed by atoms with Gasteiger partial charge in [-0.25, -0.2) is 4.98 Å². The van der Waals surface area contributed by atoms with E-state index < -0.39 is 0 Å². The number of imidazole rings is 1. The van der Waals surface area contributed by atoms with Crippen LogP contribution in [0, 0.1) is 0 Å². The molecule has 1 unspecified atom stereocenters. The Bertz CT molecular complexity index is 519. The molecule has 2 rings (SSSR count). The SMILES string of the molecule is CC(NC(=O)Cc1ccc(CN)cc1)c1ncc[nH]1. The van der Waals surface area contributed by atoms with E-state index in [4.69, 9.17) is 5.73 Å². The van der Waals surface area contributed by atoms with Crippen molar-refractivity contribution in [3.8, 4) is 0 Å². The summed E-state index contributed by atoms with van der Waals surface area (Å²) in [6.07, 6.45) is 3.77. The zero-order valence-corrected chi connectivity index (χ0v) is 10.9. The average molecular weight is 258 g/mol. The van der Waals surface area contributed by atoms with Crippen LogP contribution in [0.2, 0.25) is 0 Å². The lowest BCUT2D eigenvalue weighted by molar-refractivity contribution is -0.121. The molecule has 1 amide bonds. The van der Waals surface area contributed by atoms with Gasteiger partial charge in [-0.15, -0.1) is 0 Å². The number of nitrogens with two attached hydrogens (primary N) is 1. The van der Waals surface area contributed by atoms with Crippen molar-refractivity contribution in [1.82, 2.24) is 15.3 Å². The Kier molecular flexibility index (Phi) is 4.30. The maximum Gasteiger partial charge on any atom is 0.224 e. The Balaban J connectivity index is 1.90. The molecule has 0 fully saturated rings. The largest absolute Gasteiger partial charge is 0.347 e. The predicted octanol–water partition coefficient (Wildman–Crippen LogP) is 1.29. The number of rotatable bonds is 5. The van der Waals surface area contributed by atoms with E-state index in [0.29, 0.717) is 13.0 Å². The summed E-state index contributed by atoms with van der Waals surface area (Å²) in [6.45, 7) is 2.41. The number of hydrogen-bond donors (Lipinski definition) is 3. The molecule has 5 heteroatoms. The van der Waals surface area contributed by atoms with E-state index in [9.17, 15) is 4.79 Å². The summed E-state index contributed by atoms with van der Waals surface area (Å²) >= 11 is 0. The molecule has 0 aliphatic heterocycles. The molecule has 0 radical (unpaired) electrons. The van der Waals surface area contributed by atoms with E-state index in [1.807, 2.05) is 31.2 Å². The molecule has 0 saturated heterocycles. The van der Waals surface area contributed by atoms with Crippen molar-refractivity contribution in [2.24, 2.45) is 5.73 Å². The Morgan fingerprint density at radius 1 is 1.37 bits per heavy atom. The first-order chi connectivity index (χ1) is 9.19. The highest BCUT2D eigenvalue weighted by Crippen LogP contribution is 2.08. The smallest absolute Gasteiger partial charge is 0.224 e. The van der Waals surface area contributed by atoms with Crippen molar-refractivity contribution in [2.45, 2.75) is 25.9 Å². The average Bonchev–Trinajstić information content (AvgIpc) is 2.93. The van der Waals surface area contributed by atoms with Gasteiger partial charge in [0.05, 0.1) is 12.5 Å². The molecular formula is C14H18N4O. The predicted molar refractivity (Wildman–Crippen MR) is 73.2 cm³/mol. The topological polar surface area (TPSA) is 83.8 Å². The van der Waals surface area contributed by atoms with Crippen LogP contribution in [0.15, 0.2) is 36.7 Å². The number of aromatic nitrogens is 2. The molecule has 0 spiro atoms. The quantitative estimate of drug-likeness (QED) is 0.755. The van der Waals surface area contributed by atoms with Crippen LogP contribution >= 0.6 is 0 Å². The van der Waals surface area contributed by atoms with E-state index in [0.717, 1.165) is 17.0 Å². The van der Waals surface area contributed by atoms with Crippen LogP contribution in [0.25, 0.3) is 0 Å². The molecule has 1 aromatic carbocycles. The Morgan fingerprint density at radius 3 is 2.63 bits per heavy atom. The Morgan fingerprint density at radius 2 is 2.05 bits per heavy atom. The summed E-state index contributed by atoms with van der Waals surface area (Å²) < 4.78 is 0. The third kappa shape index (κ3) is 3.66. The summed E-state index contributed by atoms with van der Waals surface area (Å²) in [5, 5.41) is 2.90. The van der Waals surface area contributed by atoms with Gasteiger partial charge >= 0.3 is 0 Å². The number of aromatic amines is 1. The number of H-pyrrole nitrogens is 1. The number of amides is 1. The third-order valence-electron chi connectivity index (χ3n) is 2.93. The lowest BCUT2D eigenvalue weighted by Gasteiger charge is -2.11. The number of hydrogen-bond acceptors (Lipinski definition) is 3. The lowest BCUT2D eigenvalue weighted by Crippen LogP contribution is -2.28. The molecule has 0 saturated carbocycles. The highest BCUT2D eigenvalue weighted by Gasteiger charge is 2.11. The molecular weight excluding hydrogens is 240 g/mol. The van der Waals surface area contributed by atoms with E-state index >= 15 is 0 Å². The third-order valence-corrected chi connectivity index (χ3v) is 2.93. The molecule has 1 heterocycles. The molecule has 4 N–H and O–H groups in total. The van der Waals surface area contributed by atoms with Crippen LogP contribution < -0.4 is 11.1 Å². The fraction of sp³-hybridized carbons (Fsp3) is 0.286. The van der Waals surface area contributed by atoms with Gasteiger partial charge in [0, 0.05) is 18.9 Å². The molecule has 1 aromatic heterocycles. The number of carbonyl (C=O) groups is 1.